The third kappa shape index (κ3) is 5.86. The van der Waals surface area contributed by atoms with E-state index in [9.17, 15) is 0 Å². The van der Waals surface area contributed by atoms with Gasteiger partial charge in [-0.25, -0.2) is 0 Å². The summed E-state index contributed by atoms with van der Waals surface area (Å²) in [7, 11) is 0. The Morgan fingerprint density at radius 3 is 2.72 bits per heavy atom. The molecule has 2 heteroatoms. The van der Waals surface area contributed by atoms with Gasteiger partial charge in [0.2, 0.25) is 0 Å². The number of aliphatic hydroxyl groups excluding tert-OH is 1. The molecule has 1 aromatic rings. The van der Waals surface area contributed by atoms with Crippen molar-refractivity contribution in [1.82, 2.24) is 0 Å². The fraction of sp³-hybridized carbons (Fsp3) is 0.500. The van der Waals surface area contributed by atoms with Gasteiger partial charge in [0.15, 0.2) is 0 Å². The molecule has 1 atom stereocenters. The molecule has 0 aromatic heterocycles. The normalized spacial score (nSPS) is 12.1. The fourth-order valence-corrected chi connectivity index (χ4v) is 1.85. The molecule has 0 aliphatic rings. The van der Waals surface area contributed by atoms with Crippen LogP contribution >= 0.6 is 0 Å². The van der Waals surface area contributed by atoms with Gasteiger partial charge in [-0.3, -0.25) is 0 Å². The van der Waals surface area contributed by atoms with Crippen molar-refractivity contribution in [2.45, 2.75) is 39.9 Å². The van der Waals surface area contributed by atoms with Crippen molar-refractivity contribution in [3.8, 4) is 11.8 Å². The average molecular weight is 246 g/mol. The van der Waals surface area contributed by atoms with E-state index in [4.69, 9.17) is 9.84 Å². The molecule has 0 aliphatic carbocycles. The monoisotopic (exact) mass is 246 g/mol. The predicted molar refractivity (Wildman–Crippen MR) is 74.1 cm³/mol. The molecule has 0 saturated heterocycles. The minimum atomic E-state index is -0.105. The lowest BCUT2D eigenvalue weighted by molar-refractivity contribution is 0.0397. The van der Waals surface area contributed by atoms with Gasteiger partial charge < -0.3 is 9.84 Å². The van der Waals surface area contributed by atoms with E-state index < -0.39 is 0 Å². The van der Waals surface area contributed by atoms with E-state index in [1.165, 1.54) is 0 Å². The molecule has 2 nitrogen and oxygen atoms in total. The van der Waals surface area contributed by atoms with Crippen molar-refractivity contribution in [3.63, 3.8) is 0 Å². The Kier molecular flexibility index (Phi) is 6.49. The number of rotatable bonds is 5. The molecule has 0 radical (unpaired) electrons. The molecular formula is C16H22O2. The number of ether oxygens (including phenoxy) is 1. The highest BCUT2D eigenvalue weighted by Crippen LogP contribution is 2.11. The SMILES string of the molecule is CC(C)CC(C)OCc1cccc(C#CCO)c1. The van der Waals surface area contributed by atoms with Crippen LogP contribution in [0.25, 0.3) is 0 Å². The van der Waals surface area contributed by atoms with Crippen LogP contribution in [0.2, 0.25) is 0 Å². The summed E-state index contributed by atoms with van der Waals surface area (Å²) in [5.74, 6) is 6.20. The van der Waals surface area contributed by atoms with Gasteiger partial charge in [0.1, 0.15) is 6.61 Å². The zero-order chi connectivity index (χ0) is 13.4. The first-order valence-corrected chi connectivity index (χ1v) is 6.42. The lowest BCUT2D eigenvalue weighted by Gasteiger charge is -2.15. The van der Waals surface area contributed by atoms with Crippen LogP contribution in [0.1, 0.15) is 38.3 Å². The smallest absolute Gasteiger partial charge is 0.104 e. The second-order valence-electron chi connectivity index (χ2n) is 4.91. The number of hydrogen-bond donors (Lipinski definition) is 1. The number of benzene rings is 1. The topological polar surface area (TPSA) is 29.5 Å². The first kappa shape index (κ1) is 14.8. The van der Waals surface area contributed by atoms with Crippen LogP contribution < -0.4 is 0 Å². The van der Waals surface area contributed by atoms with E-state index in [2.05, 4.69) is 32.6 Å². The lowest BCUT2D eigenvalue weighted by atomic mass is 10.1. The van der Waals surface area contributed by atoms with Gasteiger partial charge >= 0.3 is 0 Å². The van der Waals surface area contributed by atoms with Crippen molar-refractivity contribution >= 4 is 0 Å². The Labute approximate surface area is 110 Å². The molecule has 98 valence electrons. The molecule has 0 saturated carbocycles. The molecule has 0 aliphatic heterocycles. The highest BCUT2D eigenvalue weighted by atomic mass is 16.5. The number of aliphatic hydroxyl groups is 1. The molecule has 0 spiro atoms. The summed E-state index contributed by atoms with van der Waals surface area (Å²) in [6.45, 7) is 7.01. The second-order valence-corrected chi connectivity index (χ2v) is 4.91. The predicted octanol–water partition coefficient (Wildman–Crippen LogP) is 2.98. The molecule has 0 fully saturated rings. The zero-order valence-corrected chi connectivity index (χ0v) is 11.4. The van der Waals surface area contributed by atoms with Gasteiger partial charge in [-0.2, -0.15) is 0 Å². The molecule has 1 unspecified atom stereocenters. The maximum absolute atomic E-state index is 8.66. The van der Waals surface area contributed by atoms with Crippen molar-refractivity contribution in [2.24, 2.45) is 5.92 Å². The van der Waals surface area contributed by atoms with Crippen LogP contribution in [0, 0.1) is 17.8 Å². The summed E-state index contributed by atoms with van der Waals surface area (Å²) in [5.41, 5.74) is 2.04. The van der Waals surface area contributed by atoms with E-state index in [1.54, 1.807) is 0 Å². The lowest BCUT2D eigenvalue weighted by Crippen LogP contribution is -2.11. The highest BCUT2D eigenvalue weighted by Gasteiger charge is 2.05. The van der Waals surface area contributed by atoms with Gasteiger partial charge in [-0.05, 0) is 37.0 Å². The van der Waals surface area contributed by atoms with Crippen molar-refractivity contribution in [1.29, 1.82) is 0 Å². The Morgan fingerprint density at radius 2 is 2.06 bits per heavy atom. The summed E-state index contributed by atoms with van der Waals surface area (Å²) in [6.07, 6.45) is 1.35. The Bertz CT molecular complexity index is 413. The van der Waals surface area contributed by atoms with Crippen LogP contribution in [-0.2, 0) is 11.3 Å². The maximum atomic E-state index is 8.66. The standard InChI is InChI=1S/C16H22O2/c1-13(2)10-14(3)18-12-16-7-4-6-15(11-16)8-5-9-17/h4,6-7,11,13-14,17H,9-10,12H2,1-3H3. The number of hydrogen-bond acceptors (Lipinski definition) is 2. The van der Waals surface area contributed by atoms with Crippen molar-refractivity contribution in [3.05, 3.63) is 35.4 Å². The first-order chi connectivity index (χ1) is 8.61. The van der Waals surface area contributed by atoms with Crippen molar-refractivity contribution < 1.29 is 9.84 Å². The largest absolute Gasteiger partial charge is 0.384 e. The van der Waals surface area contributed by atoms with Gasteiger partial charge in [-0.1, -0.05) is 37.8 Å². The third-order valence-corrected chi connectivity index (χ3v) is 2.58. The summed E-state index contributed by atoms with van der Waals surface area (Å²) in [6, 6.07) is 7.94. The molecule has 18 heavy (non-hydrogen) atoms. The molecule has 1 rings (SSSR count). The van der Waals surface area contributed by atoms with E-state index in [0.29, 0.717) is 12.5 Å². The van der Waals surface area contributed by atoms with E-state index in [-0.39, 0.29) is 12.7 Å². The quantitative estimate of drug-likeness (QED) is 0.809. The first-order valence-electron chi connectivity index (χ1n) is 6.42. The second kappa shape index (κ2) is 7.92. The van der Waals surface area contributed by atoms with Crippen LogP contribution in [0.4, 0.5) is 0 Å². The van der Waals surface area contributed by atoms with Gasteiger partial charge in [0.05, 0.1) is 12.7 Å². The minimum Gasteiger partial charge on any atom is -0.384 e. The van der Waals surface area contributed by atoms with Crippen molar-refractivity contribution in [2.75, 3.05) is 6.61 Å². The summed E-state index contributed by atoms with van der Waals surface area (Å²) in [5, 5.41) is 8.66. The Balaban J connectivity index is 2.52. The fourth-order valence-electron chi connectivity index (χ4n) is 1.85. The van der Waals surface area contributed by atoms with Gasteiger partial charge in [-0.15, -0.1) is 0 Å². The van der Waals surface area contributed by atoms with E-state index in [0.717, 1.165) is 17.5 Å². The third-order valence-electron chi connectivity index (χ3n) is 2.58. The minimum absolute atomic E-state index is 0.105. The molecule has 0 heterocycles. The molecule has 1 N–H and O–H groups in total. The Hall–Kier alpha value is -1.30. The average Bonchev–Trinajstić information content (AvgIpc) is 2.33. The van der Waals surface area contributed by atoms with E-state index >= 15 is 0 Å². The summed E-state index contributed by atoms with van der Waals surface area (Å²) < 4.78 is 5.80. The Morgan fingerprint density at radius 1 is 1.28 bits per heavy atom. The van der Waals surface area contributed by atoms with Gasteiger partial charge in [0.25, 0.3) is 0 Å². The highest BCUT2D eigenvalue weighted by molar-refractivity contribution is 5.36. The molecular weight excluding hydrogens is 224 g/mol. The van der Waals surface area contributed by atoms with Crippen LogP contribution in [0.3, 0.4) is 0 Å². The van der Waals surface area contributed by atoms with Gasteiger partial charge in [0, 0.05) is 5.56 Å². The molecule has 1 aromatic carbocycles. The van der Waals surface area contributed by atoms with E-state index in [1.807, 2.05) is 24.3 Å². The summed E-state index contributed by atoms with van der Waals surface area (Å²) >= 11 is 0. The van der Waals surface area contributed by atoms with Crippen LogP contribution in [0.15, 0.2) is 24.3 Å². The molecule has 0 amide bonds. The zero-order valence-electron chi connectivity index (χ0n) is 11.4. The van der Waals surface area contributed by atoms with Crippen LogP contribution in [-0.4, -0.2) is 17.8 Å². The summed E-state index contributed by atoms with van der Waals surface area (Å²) in [4.78, 5) is 0. The molecule has 0 bridgehead atoms. The maximum Gasteiger partial charge on any atom is 0.104 e. The van der Waals surface area contributed by atoms with Crippen LogP contribution in [0.5, 0.6) is 0 Å².